The zero-order chi connectivity index (χ0) is 50.2. The van der Waals surface area contributed by atoms with Gasteiger partial charge in [0, 0.05) is 30.3 Å². The third-order valence-electron chi connectivity index (χ3n) is 14.2. The molecule has 3 rings (SSSR count). The van der Waals surface area contributed by atoms with Crippen LogP contribution in [0.3, 0.4) is 0 Å². The van der Waals surface area contributed by atoms with E-state index in [0.29, 0.717) is 52.7 Å². The normalized spacial score (nSPS) is 13.2. The van der Waals surface area contributed by atoms with Crippen LogP contribution in [-0.2, 0) is 19.4 Å². The molecular weight excluding hydrogens is 880 g/mol. The molecular formula is C57H87N2O5PSi2. The fourth-order valence-electron chi connectivity index (χ4n) is 10.8. The van der Waals surface area contributed by atoms with Crippen LogP contribution in [0.4, 0.5) is 0 Å². The molecule has 1 unspecified atom stereocenters. The van der Waals surface area contributed by atoms with Crippen LogP contribution in [-0.4, -0.2) is 66.9 Å². The van der Waals surface area contributed by atoms with Gasteiger partial charge in [0.2, 0.25) is 0 Å². The quantitative estimate of drug-likeness (QED) is 0.0275. The largest absolute Gasteiger partial charge is 0.497 e. The zero-order valence-electron chi connectivity index (χ0n) is 44.7. The van der Waals surface area contributed by atoms with Crippen molar-refractivity contribution in [2.45, 2.75) is 181 Å². The predicted molar refractivity (Wildman–Crippen MR) is 289 cm³/mol. The van der Waals surface area contributed by atoms with Crippen molar-refractivity contribution in [2.24, 2.45) is 5.41 Å². The summed E-state index contributed by atoms with van der Waals surface area (Å²) in [5.41, 5.74) is 12.1. The summed E-state index contributed by atoms with van der Waals surface area (Å²) < 4.78 is 35.4. The van der Waals surface area contributed by atoms with Crippen molar-refractivity contribution >= 4 is 24.7 Å². The molecule has 0 N–H and O–H groups in total. The van der Waals surface area contributed by atoms with Gasteiger partial charge in [-0.05, 0) is 102 Å². The maximum Gasteiger partial charge on any atom is 0.259 e. The summed E-state index contributed by atoms with van der Waals surface area (Å²) in [6.45, 7) is 38.0. The Balaban J connectivity index is 2.55. The van der Waals surface area contributed by atoms with E-state index in [4.69, 9.17) is 23.3 Å². The summed E-state index contributed by atoms with van der Waals surface area (Å²) in [5, 5.41) is 9.61. The lowest BCUT2D eigenvalue weighted by molar-refractivity contribution is -0.0536. The molecule has 0 spiro atoms. The van der Waals surface area contributed by atoms with Crippen LogP contribution in [0.1, 0.15) is 147 Å². The maximum atomic E-state index is 9.61. The number of hydrogen-bond acceptors (Lipinski definition) is 7. The molecule has 0 aliphatic heterocycles. The fourth-order valence-corrected chi connectivity index (χ4v) is 23.0. The molecule has 67 heavy (non-hydrogen) atoms. The first-order valence-corrected chi connectivity index (χ1v) is 30.4. The number of benzene rings is 3. The van der Waals surface area contributed by atoms with Gasteiger partial charge in [-0.3, -0.25) is 0 Å². The van der Waals surface area contributed by atoms with Crippen LogP contribution in [0, 0.1) is 39.7 Å². The smallest absolute Gasteiger partial charge is 0.259 e. The van der Waals surface area contributed by atoms with Gasteiger partial charge < -0.3 is 23.3 Å². The van der Waals surface area contributed by atoms with Gasteiger partial charge in [0.25, 0.3) is 8.53 Å². The minimum absolute atomic E-state index is 0.138. The van der Waals surface area contributed by atoms with E-state index in [0.717, 1.165) is 28.2 Å². The number of hydrogen-bond donors (Lipinski definition) is 0. The van der Waals surface area contributed by atoms with E-state index in [1.807, 2.05) is 30.3 Å². The predicted octanol–water partition coefficient (Wildman–Crippen LogP) is 15.5. The molecule has 0 aromatic heterocycles. The van der Waals surface area contributed by atoms with Gasteiger partial charge in [0.1, 0.15) is 33.2 Å². The molecule has 10 heteroatoms. The Morgan fingerprint density at radius 2 is 0.925 bits per heavy atom. The minimum atomic E-state index is -2.14. The van der Waals surface area contributed by atoms with E-state index in [9.17, 15) is 5.26 Å². The summed E-state index contributed by atoms with van der Waals surface area (Å²) >= 11 is 0. The average Bonchev–Trinajstić information content (AvgIpc) is 3.28. The van der Waals surface area contributed by atoms with E-state index < -0.39 is 35.7 Å². The third-order valence-corrected chi connectivity index (χ3v) is 28.9. The molecule has 0 radical (unpaired) electrons. The molecule has 0 amide bonds. The summed E-state index contributed by atoms with van der Waals surface area (Å²) in [6.07, 6.45) is 1.31. The molecule has 0 aliphatic rings. The zero-order valence-corrected chi connectivity index (χ0v) is 47.6. The van der Waals surface area contributed by atoms with Gasteiger partial charge in [-0.2, -0.15) is 5.26 Å². The van der Waals surface area contributed by atoms with Crippen LogP contribution < -0.4 is 9.47 Å². The number of nitriles is 1. The van der Waals surface area contributed by atoms with Crippen molar-refractivity contribution in [1.29, 1.82) is 5.26 Å². The molecule has 0 heterocycles. The SMILES string of the molecule is COc1ccc(C(OCC(CC#C[Si](C(C)C)(C(C)C)C(C)C)(CC#C[Si](C(C)C)(C(C)C)C(C)C)COP(OCCC#N)N(C(C)C)C(C)C)(c2ccccc2)c2ccc(OC)cc2)cc1. The average molecular weight is 967 g/mol. The molecule has 3 aromatic rings. The Kier molecular flexibility index (Phi) is 22.9. The van der Waals surface area contributed by atoms with Crippen molar-refractivity contribution in [1.82, 2.24) is 4.67 Å². The first kappa shape index (κ1) is 57.9. The van der Waals surface area contributed by atoms with E-state index >= 15 is 0 Å². The molecule has 0 bridgehead atoms. The highest BCUT2D eigenvalue weighted by Crippen LogP contribution is 2.50. The second kappa shape index (κ2) is 26.5. The number of rotatable bonds is 25. The summed E-state index contributed by atoms with van der Waals surface area (Å²) in [4.78, 5) is 0. The molecule has 7 nitrogen and oxygen atoms in total. The van der Waals surface area contributed by atoms with Crippen molar-refractivity contribution in [3.63, 3.8) is 0 Å². The van der Waals surface area contributed by atoms with E-state index in [1.54, 1.807) is 14.2 Å². The Hall–Kier alpha value is -3.43. The van der Waals surface area contributed by atoms with Crippen LogP contribution in [0.25, 0.3) is 0 Å². The van der Waals surface area contributed by atoms with Crippen LogP contribution in [0.15, 0.2) is 78.9 Å². The number of ether oxygens (including phenoxy) is 3. The van der Waals surface area contributed by atoms with Gasteiger partial charge in [-0.15, -0.1) is 22.9 Å². The van der Waals surface area contributed by atoms with Crippen molar-refractivity contribution < 1.29 is 23.3 Å². The van der Waals surface area contributed by atoms with Crippen LogP contribution in [0.5, 0.6) is 11.5 Å². The second-order valence-corrected chi connectivity index (χ2v) is 33.5. The first-order valence-electron chi connectivity index (χ1n) is 24.8. The Labute approximate surface area is 412 Å². The van der Waals surface area contributed by atoms with E-state index in [-0.39, 0.29) is 31.7 Å². The highest BCUT2D eigenvalue weighted by Gasteiger charge is 2.46. The Bertz CT molecular complexity index is 1940. The second-order valence-electron chi connectivity index (χ2n) is 20.9. The lowest BCUT2D eigenvalue weighted by Gasteiger charge is -2.42. The lowest BCUT2D eigenvalue weighted by Crippen LogP contribution is -2.44. The maximum absolute atomic E-state index is 9.61. The number of nitrogens with zero attached hydrogens (tertiary/aromatic N) is 2. The van der Waals surface area contributed by atoms with Gasteiger partial charge in [-0.25, -0.2) is 4.67 Å². The molecule has 0 fully saturated rings. The highest BCUT2D eigenvalue weighted by atomic mass is 31.2. The van der Waals surface area contributed by atoms with Gasteiger partial charge in [0.15, 0.2) is 0 Å². The molecule has 368 valence electrons. The number of methoxy groups -OCH3 is 2. The fraction of sp³-hybridized carbons (Fsp3) is 0.596. The van der Waals surface area contributed by atoms with Crippen molar-refractivity contribution in [3.05, 3.63) is 95.6 Å². The monoisotopic (exact) mass is 967 g/mol. The third kappa shape index (κ3) is 13.9. The highest BCUT2D eigenvalue weighted by molar-refractivity contribution is 7.44. The van der Waals surface area contributed by atoms with Crippen molar-refractivity contribution in [2.75, 3.05) is 34.0 Å². The van der Waals surface area contributed by atoms with Gasteiger partial charge >= 0.3 is 0 Å². The molecule has 0 saturated heterocycles. The minimum Gasteiger partial charge on any atom is -0.497 e. The lowest BCUT2D eigenvalue weighted by atomic mass is 9.78. The summed E-state index contributed by atoms with van der Waals surface area (Å²) in [5.74, 6) is 9.40. The molecule has 3 aromatic carbocycles. The molecule has 1 atom stereocenters. The van der Waals surface area contributed by atoms with E-state index in [2.05, 4.69) is 193 Å². The standard InChI is InChI=1S/C57H87N2O5PSi2/c1-43(2)59(44(3)4)65(63-38-24-37-58)64-42-56(35-22-39-66(45(5)6,46(7)8)47(9)10,36-23-40-67(48(11)12,49(13)14)50(15)16)41-62-57(51-25-20-19-21-26-51,52-27-31-54(60-17)32-28-52)53-29-33-55(61-18)34-30-53/h19-21,25-34,43-50H,24,35-36,38,41-42H2,1-18H3. The van der Waals surface area contributed by atoms with Gasteiger partial charge in [0.05, 0.1) is 46.5 Å². The first-order chi connectivity index (χ1) is 31.6. The Morgan fingerprint density at radius 3 is 1.27 bits per heavy atom. The van der Waals surface area contributed by atoms with E-state index in [1.165, 1.54) is 0 Å². The summed E-state index contributed by atoms with van der Waals surface area (Å²) in [7, 11) is -2.47. The molecule has 0 saturated carbocycles. The van der Waals surface area contributed by atoms with Gasteiger partial charge in [-0.1, -0.05) is 138 Å². The summed E-state index contributed by atoms with van der Waals surface area (Å²) in [6, 6.07) is 29.5. The van der Waals surface area contributed by atoms with Crippen molar-refractivity contribution in [3.8, 4) is 40.5 Å². The molecule has 0 aliphatic carbocycles. The Morgan fingerprint density at radius 1 is 0.537 bits per heavy atom. The van der Waals surface area contributed by atoms with Crippen LogP contribution in [0.2, 0.25) is 33.2 Å². The van der Waals surface area contributed by atoms with Crippen LogP contribution >= 0.6 is 8.53 Å². The topological polar surface area (TPSA) is 73.2 Å².